The molecular formula is C16H17NO2. The number of carbonyl (C=O) groups excluding carboxylic acids is 1. The summed E-state index contributed by atoms with van der Waals surface area (Å²) in [5, 5.41) is 11.8. The number of aryl methyl sites for hydroxylation is 2. The van der Waals surface area contributed by atoms with Gasteiger partial charge in [0.25, 0.3) is 5.91 Å². The Morgan fingerprint density at radius 2 is 1.63 bits per heavy atom. The molecule has 3 heteroatoms. The molecule has 98 valence electrons. The van der Waals surface area contributed by atoms with Gasteiger partial charge in [-0.05, 0) is 42.7 Å². The van der Waals surface area contributed by atoms with E-state index in [0.29, 0.717) is 5.56 Å². The number of nitrogens with one attached hydrogen (secondary N) is 1. The van der Waals surface area contributed by atoms with Crippen LogP contribution in [0.15, 0.2) is 42.5 Å². The van der Waals surface area contributed by atoms with Crippen molar-refractivity contribution in [3.8, 4) is 0 Å². The molecule has 2 rings (SSSR count). The van der Waals surface area contributed by atoms with Gasteiger partial charge in [0.2, 0.25) is 0 Å². The summed E-state index contributed by atoms with van der Waals surface area (Å²) < 4.78 is 0. The van der Waals surface area contributed by atoms with Crippen LogP contribution in [0.4, 0.5) is 5.69 Å². The predicted molar refractivity (Wildman–Crippen MR) is 76.2 cm³/mol. The number of rotatable bonds is 3. The fourth-order valence-corrected chi connectivity index (χ4v) is 2.06. The zero-order valence-electron chi connectivity index (χ0n) is 11.1. The average molecular weight is 255 g/mol. The summed E-state index contributed by atoms with van der Waals surface area (Å²) in [4.78, 5) is 12.2. The second kappa shape index (κ2) is 5.67. The molecule has 0 saturated heterocycles. The monoisotopic (exact) mass is 255 g/mol. The van der Waals surface area contributed by atoms with Crippen molar-refractivity contribution in [2.24, 2.45) is 0 Å². The lowest BCUT2D eigenvalue weighted by Crippen LogP contribution is -2.14. The number of amides is 1. The molecule has 2 aromatic rings. The van der Waals surface area contributed by atoms with Gasteiger partial charge < -0.3 is 10.4 Å². The summed E-state index contributed by atoms with van der Waals surface area (Å²) in [5.41, 5.74) is 4.19. The highest BCUT2D eigenvalue weighted by Crippen LogP contribution is 2.16. The molecule has 0 heterocycles. The first-order valence-electron chi connectivity index (χ1n) is 6.19. The van der Waals surface area contributed by atoms with Gasteiger partial charge in [-0.15, -0.1) is 0 Å². The van der Waals surface area contributed by atoms with Crippen molar-refractivity contribution in [3.63, 3.8) is 0 Å². The first kappa shape index (κ1) is 13.3. The molecule has 0 aromatic heterocycles. The van der Waals surface area contributed by atoms with Crippen molar-refractivity contribution in [2.75, 3.05) is 5.32 Å². The minimum atomic E-state index is -0.104. The molecule has 0 atom stereocenters. The van der Waals surface area contributed by atoms with E-state index in [4.69, 9.17) is 5.11 Å². The molecule has 3 nitrogen and oxygen atoms in total. The molecule has 0 aliphatic rings. The molecule has 0 radical (unpaired) electrons. The molecule has 0 unspecified atom stereocenters. The maximum atomic E-state index is 12.2. The largest absolute Gasteiger partial charge is 0.392 e. The fraction of sp³-hybridized carbons (Fsp3) is 0.188. The number of aliphatic hydroxyl groups excluding tert-OH is 1. The van der Waals surface area contributed by atoms with Crippen LogP contribution in [0.5, 0.6) is 0 Å². The summed E-state index contributed by atoms with van der Waals surface area (Å²) in [7, 11) is 0. The van der Waals surface area contributed by atoms with Gasteiger partial charge in [-0.3, -0.25) is 4.79 Å². The maximum Gasteiger partial charge on any atom is 0.256 e. The van der Waals surface area contributed by atoms with Crippen LogP contribution >= 0.6 is 0 Å². The first-order valence-corrected chi connectivity index (χ1v) is 6.19. The third-order valence-corrected chi connectivity index (χ3v) is 3.10. The Morgan fingerprint density at radius 3 is 2.16 bits per heavy atom. The molecule has 0 saturated carbocycles. The van der Waals surface area contributed by atoms with Gasteiger partial charge in [0.15, 0.2) is 0 Å². The Hall–Kier alpha value is -2.13. The highest BCUT2D eigenvalue weighted by Gasteiger charge is 2.11. The summed E-state index contributed by atoms with van der Waals surface area (Å²) in [6.07, 6.45) is 0. The van der Waals surface area contributed by atoms with Gasteiger partial charge in [0.05, 0.1) is 6.61 Å². The number of benzene rings is 2. The Kier molecular flexibility index (Phi) is 3.97. The lowest BCUT2D eigenvalue weighted by atomic mass is 10.0. The van der Waals surface area contributed by atoms with Crippen molar-refractivity contribution < 1.29 is 9.90 Å². The maximum absolute atomic E-state index is 12.2. The van der Waals surface area contributed by atoms with Gasteiger partial charge in [-0.2, -0.15) is 0 Å². The van der Waals surface area contributed by atoms with E-state index in [9.17, 15) is 4.79 Å². The van der Waals surface area contributed by atoms with Crippen molar-refractivity contribution in [1.29, 1.82) is 0 Å². The topological polar surface area (TPSA) is 49.3 Å². The summed E-state index contributed by atoms with van der Waals surface area (Å²) in [6, 6.07) is 13.0. The molecule has 0 bridgehead atoms. The van der Waals surface area contributed by atoms with Gasteiger partial charge in [0, 0.05) is 11.3 Å². The van der Waals surface area contributed by atoms with E-state index in [1.54, 1.807) is 24.3 Å². The van der Waals surface area contributed by atoms with Gasteiger partial charge in [0.1, 0.15) is 0 Å². The molecule has 0 spiro atoms. The van der Waals surface area contributed by atoms with E-state index < -0.39 is 0 Å². The zero-order valence-corrected chi connectivity index (χ0v) is 11.1. The van der Waals surface area contributed by atoms with Crippen LogP contribution < -0.4 is 5.32 Å². The molecule has 0 fully saturated rings. The second-order valence-electron chi connectivity index (χ2n) is 4.58. The van der Waals surface area contributed by atoms with Crippen molar-refractivity contribution in [2.45, 2.75) is 20.5 Å². The third kappa shape index (κ3) is 3.01. The van der Waals surface area contributed by atoms with E-state index >= 15 is 0 Å². The molecule has 19 heavy (non-hydrogen) atoms. The summed E-state index contributed by atoms with van der Waals surface area (Å²) in [6.45, 7) is 3.86. The lowest BCUT2D eigenvalue weighted by Gasteiger charge is -2.10. The van der Waals surface area contributed by atoms with Crippen LogP contribution in [0.2, 0.25) is 0 Å². The Balaban J connectivity index is 2.21. The van der Waals surface area contributed by atoms with Crippen molar-refractivity contribution in [3.05, 3.63) is 64.7 Å². The van der Waals surface area contributed by atoms with Gasteiger partial charge in [-0.1, -0.05) is 30.3 Å². The van der Waals surface area contributed by atoms with E-state index in [1.807, 2.05) is 32.0 Å². The van der Waals surface area contributed by atoms with Crippen LogP contribution in [0.1, 0.15) is 27.0 Å². The van der Waals surface area contributed by atoms with E-state index in [-0.39, 0.29) is 12.5 Å². The highest BCUT2D eigenvalue weighted by molar-refractivity contribution is 6.06. The van der Waals surface area contributed by atoms with Gasteiger partial charge >= 0.3 is 0 Å². The molecule has 1 amide bonds. The fourth-order valence-electron chi connectivity index (χ4n) is 2.06. The molecule has 2 N–H and O–H groups in total. The standard InChI is InChI=1S/C16H17NO2/c1-11-4-3-5-12(2)15(11)16(19)17-14-8-6-13(10-18)7-9-14/h3-9,18H,10H2,1-2H3,(H,17,19). The van der Waals surface area contributed by atoms with Crippen LogP contribution in [0.3, 0.4) is 0 Å². The lowest BCUT2D eigenvalue weighted by molar-refractivity contribution is 0.102. The predicted octanol–water partition coefficient (Wildman–Crippen LogP) is 3.05. The molecular weight excluding hydrogens is 238 g/mol. The van der Waals surface area contributed by atoms with Crippen LogP contribution in [-0.4, -0.2) is 11.0 Å². The number of hydrogen-bond donors (Lipinski definition) is 2. The minimum absolute atomic E-state index is 0.00509. The third-order valence-electron chi connectivity index (χ3n) is 3.10. The second-order valence-corrected chi connectivity index (χ2v) is 4.58. The Labute approximate surface area is 112 Å². The van der Waals surface area contributed by atoms with E-state index in [1.165, 1.54) is 0 Å². The average Bonchev–Trinajstić information content (AvgIpc) is 2.39. The van der Waals surface area contributed by atoms with Gasteiger partial charge in [-0.25, -0.2) is 0 Å². The SMILES string of the molecule is Cc1cccc(C)c1C(=O)Nc1ccc(CO)cc1. The molecule has 2 aromatic carbocycles. The van der Waals surface area contributed by atoms with E-state index in [2.05, 4.69) is 5.32 Å². The number of aliphatic hydroxyl groups is 1. The minimum Gasteiger partial charge on any atom is -0.392 e. The Bertz CT molecular complexity index is 568. The van der Waals surface area contributed by atoms with Crippen LogP contribution in [0, 0.1) is 13.8 Å². The number of carbonyl (C=O) groups is 1. The summed E-state index contributed by atoms with van der Waals surface area (Å²) in [5.74, 6) is -0.104. The number of anilines is 1. The zero-order chi connectivity index (χ0) is 13.8. The normalized spacial score (nSPS) is 10.3. The van der Waals surface area contributed by atoms with Crippen LogP contribution in [0.25, 0.3) is 0 Å². The summed E-state index contributed by atoms with van der Waals surface area (Å²) >= 11 is 0. The molecule has 0 aliphatic carbocycles. The smallest absolute Gasteiger partial charge is 0.256 e. The van der Waals surface area contributed by atoms with Crippen molar-refractivity contribution in [1.82, 2.24) is 0 Å². The molecule has 0 aliphatic heterocycles. The van der Waals surface area contributed by atoms with E-state index in [0.717, 1.165) is 22.4 Å². The first-order chi connectivity index (χ1) is 9.11. The highest BCUT2D eigenvalue weighted by atomic mass is 16.3. The quantitative estimate of drug-likeness (QED) is 0.885. The Morgan fingerprint density at radius 1 is 1.05 bits per heavy atom. The van der Waals surface area contributed by atoms with Crippen molar-refractivity contribution >= 4 is 11.6 Å². The van der Waals surface area contributed by atoms with Crippen LogP contribution in [-0.2, 0) is 6.61 Å². The number of hydrogen-bond acceptors (Lipinski definition) is 2.